The predicted octanol–water partition coefficient (Wildman–Crippen LogP) is 1.16. The van der Waals surface area contributed by atoms with Crippen LogP contribution in [0.4, 0.5) is 0 Å². The van der Waals surface area contributed by atoms with Crippen molar-refractivity contribution in [1.29, 1.82) is 0 Å². The number of aromatic nitrogens is 2. The molecule has 0 radical (unpaired) electrons. The third-order valence-electron chi connectivity index (χ3n) is 1.68. The molecule has 0 amide bonds. The lowest BCUT2D eigenvalue weighted by Crippen LogP contribution is -2.00. The highest BCUT2D eigenvalue weighted by atomic mass is 16.1. The molecule has 56 valence electrons. The van der Waals surface area contributed by atoms with E-state index in [0.29, 0.717) is 0 Å². The zero-order valence-corrected chi connectivity index (χ0v) is 6.14. The van der Waals surface area contributed by atoms with Crippen LogP contribution < -0.4 is 5.43 Å². The number of rotatable bonds is 0. The first-order chi connectivity index (χ1) is 5.27. The molecule has 0 atom stereocenters. The van der Waals surface area contributed by atoms with Gasteiger partial charge < -0.3 is 9.97 Å². The molecule has 2 rings (SSSR count). The van der Waals surface area contributed by atoms with Gasteiger partial charge in [0.2, 0.25) is 0 Å². The summed E-state index contributed by atoms with van der Waals surface area (Å²) >= 11 is 0. The van der Waals surface area contributed by atoms with Crippen LogP contribution in [0.15, 0.2) is 23.1 Å². The molecule has 0 fully saturated rings. The molecule has 0 aliphatic heterocycles. The molecule has 11 heavy (non-hydrogen) atoms. The molecule has 0 saturated carbocycles. The summed E-state index contributed by atoms with van der Waals surface area (Å²) in [4.78, 5) is 17.2. The monoisotopic (exact) mass is 148 g/mol. The molecule has 2 N–H and O–H groups in total. The van der Waals surface area contributed by atoms with E-state index in [9.17, 15) is 4.79 Å². The minimum atomic E-state index is 0.0671. The second-order valence-electron chi connectivity index (χ2n) is 2.58. The van der Waals surface area contributed by atoms with Gasteiger partial charge in [0, 0.05) is 18.0 Å². The van der Waals surface area contributed by atoms with Gasteiger partial charge in [-0.05, 0) is 13.0 Å². The lowest BCUT2D eigenvalue weighted by Gasteiger charge is -1.92. The van der Waals surface area contributed by atoms with Gasteiger partial charge in [-0.2, -0.15) is 0 Å². The van der Waals surface area contributed by atoms with Crippen LogP contribution in [-0.4, -0.2) is 9.97 Å². The van der Waals surface area contributed by atoms with Crippen molar-refractivity contribution in [1.82, 2.24) is 9.97 Å². The van der Waals surface area contributed by atoms with E-state index in [-0.39, 0.29) is 5.43 Å². The minimum Gasteiger partial charge on any atom is -0.348 e. The topological polar surface area (TPSA) is 48.6 Å². The molecule has 0 bridgehead atoms. The van der Waals surface area contributed by atoms with Gasteiger partial charge in [-0.25, -0.2) is 0 Å². The zero-order valence-electron chi connectivity index (χ0n) is 6.14. The number of hydrogen-bond donors (Lipinski definition) is 2. The van der Waals surface area contributed by atoms with E-state index in [2.05, 4.69) is 9.97 Å². The Hall–Kier alpha value is -1.51. The maximum Gasteiger partial charge on any atom is 0.191 e. The Bertz CT molecular complexity index is 439. The van der Waals surface area contributed by atoms with Crippen molar-refractivity contribution in [2.45, 2.75) is 6.92 Å². The number of hydrogen-bond acceptors (Lipinski definition) is 1. The summed E-state index contributed by atoms with van der Waals surface area (Å²) in [6.45, 7) is 1.86. The van der Waals surface area contributed by atoms with Gasteiger partial charge in [-0.3, -0.25) is 4.79 Å². The van der Waals surface area contributed by atoms with E-state index in [0.717, 1.165) is 16.7 Å². The Morgan fingerprint density at radius 3 is 3.09 bits per heavy atom. The van der Waals surface area contributed by atoms with E-state index < -0.39 is 0 Å². The van der Waals surface area contributed by atoms with Crippen LogP contribution in [0.3, 0.4) is 0 Å². The summed E-state index contributed by atoms with van der Waals surface area (Å²) < 4.78 is 0. The van der Waals surface area contributed by atoms with Crippen LogP contribution >= 0.6 is 0 Å². The smallest absolute Gasteiger partial charge is 0.191 e. The Labute approximate surface area is 63.1 Å². The van der Waals surface area contributed by atoms with Crippen LogP contribution in [-0.2, 0) is 0 Å². The van der Waals surface area contributed by atoms with Crippen molar-refractivity contribution in [2.75, 3.05) is 0 Å². The Morgan fingerprint density at radius 2 is 2.27 bits per heavy atom. The highest BCUT2D eigenvalue weighted by Gasteiger charge is 1.98. The Morgan fingerprint density at radius 1 is 1.45 bits per heavy atom. The van der Waals surface area contributed by atoms with Crippen molar-refractivity contribution in [3.05, 3.63) is 34.2 Å². The average molecular weight is 148 g/mol. The van der Waals surface area contributed by atoms with Crippen LogP contribution in [0, 0.1) is 6.92 Å². The average Bonchev–Trinajstić information content (AvgIpc) is 2.34. The van der Waals surface area contributed by atoms with Crippen molar-refractivity contribution < 1.29 is 0 Å². The number of H-pyrrole nitrogens is 2. The van der Waals surface area contributed by atoms with Crippen LogP contribution in [0.5, 0.6) is 0 Å². The number of aromatic amines is 2. The second-order valence-corrected chi connectivity index (χ2v) is 2.58. The number of fused-ring (bicyclic) bond motifs is 1. The second kappa shape index (κ2) is 1.99. The first kappa shape index (κ1) is 6.22. The maximum absolute atomic E-state index is 11.2. The zero-order chi connectivity index (χ0) is 7.84. The Balaban J connectivity index is 3.02. The number of pyridine rings is 1. The van der Waals surface area contributed by atoms with Gasteiger partial charge in [0.25, 0.3) is 0 Å². The maximum atomic E-state index is 11.2. The quantitative estimate of drug-likeness (QED) is 0.578. The normalized spacial score (nSPS) is 10.6. The highest BCUT2D eigenvalue weighted by Crippen LogP contribution is 2.03. The third kappa shape index (κ3) is 0.852. The van der Waals surface area contributed by atoms with Gasteiger partial charge in [0.1, 0.15) is 5.65 Å². The third-order valence-corrected chi connectivity index (χ3v) is 1.68. The van der Waals surface area contributed by atoms with Crippen molar-refractivity contribution in [2.24, 2.45) is 0 Å². The summed E-state index contributed by atoms with van der Waals surface area (Å²) in [5, 5.41) is 0.718. The molecule has 3 heteroatoms. The molecule has 0 saturated heterocycles. The largest absolute Gasteiger partial charge is 0.348 e. The fourth-order valence-electron chi connectivity index (χ4n) is 1.19. The molecule has 0 aliphatic rings. The predicted molar refractivity (Wildman–Crippen MR) is 43.7 cm³/mol. The molecule has 3 nitrogen and oxygen atoms in total. The van der Waals surface area contributed by atoms with E-state index in [1.165, 1.54) is 0 Å². The van der Waals surface area contributed by atoms with E-state index in [4.69, 9.17) is 0 Å². The summed E-state index contributed by atoms with van der Waals surface area (Å²) in [5.74, 6) is 0. The fraction of sp³-hybridized carbons (Fsp3) is 0.125. The van der Waals surface area contributed by atoms with Crippen molar-refractivity contribution in [3.63, 3.8) is 0 Å². The van der Waals surface area contributed by atoms with E-state index in [1.807, 2.05) is 6.92 Å². The van der Waals surface area contributed by atoms with E-state index in [1.54, 1.807) is 18.3 Å². The molecular weight excluding hydrogens is 140 g/mol. The molecule has 2 aromatic rings. The van der Waals surface area contributed by atoms with Gasteiger partial charge in [-0.1, -0.05) is 0 Å². The SMILES string of the molecule is Cc1cc(=O)c2cc[nH]c2[nH]1. The minimum absolute atomic E-state index is 0.0671. The molecule has 0 spiro atoms. The number of nitrogens with one attached hydrogen (secondary N) is 2. The van der Waals surface area contributed by atoms with Crippen LogP contribution in [0.2, 0.25) is 0 Å². The molecular formula is C8H8N2O. The highest BCUT2D eigenvalue weighted by molar-refractivity contribution is 5.74. The summed E-state index contributed by atoms with van der Waals surface area (Å²) in [5.41, 5.74) is 1.75. The molecule has 0 unspecified atom stereocenters. The van der Waals surface area contributed by atoms with Crippen molar-refractivity contribution >= 4 is 11.0 Å². The van der Waals surface area contributed by atoms with Gasteiger partial charge in [0.05, 0.1) is 5.39 Å². The summed E-state index contributed by atoms with van der Waals surface area (Å²) in [6, 6.07) is 3.36. The first-order valence-electron chi connectivity index (χ1n) is 3.44. The van der Waals surface area contributed by atoms with Gasteiger partial charge >= 0.3 is 0 Å². The van der Waals surface area contributed by atoms with Crippen molar-refractivity contribution in [3.8, 4) is 0 Å². The van der Waals surface area contributed by atoms with Gasteiger partial charge in [-0.15, -0.1) is 0 Å². The lowest BCUT2D eigenvalue weighted by molar-refractivity contribution is 1.21. The van der Waals surface area contributed by atoms with Crippen LogP contribution in [0.1, 0.15) is 5.69 Å². The fourth-order valence-corrected chi connectivity index (χ4v) is 1.19. The summed E-state index contributed by atoms with van der Waals surface area (Å²) in [6.07, 6.45) is 1.75. The van der Waals surface area contributed by atoms with E-state index >= 15 is 0 Å². The number of aryl methyl sites for hydroxylation is 1. The summed E-state index contributed by atoms with van der Waals surface area (Å²) in [7, 11) is 0. The molecule has 2 aromatic heterocycles. The van der Waals surface area contributed by atoms with Crippen LogP contribution in [0.25, 0.3) is 11.0 Å². The van der Waals surface area contributed by atoms with Gasteiger partial charge in [0.15, 0.2) is 5.43 Å². The Kier molecular flexibility index (Phi) is 1.12. The lowest BCUT2D eigenvalue weighted by atomic mass is 10.3. The standard InChI is InChI=1S/C8H8N2O/c1-5-4-7(11)6-2-3-9-8(6)10-5/h2-4H,1H3,(H2,9,10,11). The molecule has 0 aromatic carbocycles. The molecule has 2 heterocycles. The first-order valence-corrected chi connectivity index (χ1v) is 3.44. The molecule has 0 aliphatic carbocycles.